The summed E-state index contributed by atoms with van der Waals surface area (Å²) in [5.41, 5.74) is 5.39. The molecule has 0 spiro atoms. The number of nitrogens with zero attached hydrogens (tertiary/aromatic N) is 1. The summed E-state index contributed by atoms with van der Waals surface area (Å²) in [6.07, 6.45) is 3.34. The zero-order valence-electron chi connectivity index (χ0n) is 21.8. The largest absolute Gasteiger partial charge is 0.484 e. The average Bonchev–Trinajstić information content (AvgIpc) is 3.18. The number of fused-ring (bicyclic) bond motifs is 1. The summed E-state index contributed by atoms with van der Waals surface area (Å²) in [7, 11) is 0. The normalized spacial score (nSPS) is 10.9. The molecule has 1 amide bonds. The third-order valence-electron chi connectivity index (χ3n) is 6.38. The SMILES string of the molecule is CCCCc1ccc(NC(=O)COc2ccc3c(c2)c(C(=O)OCC)c(C)n3Cc2ccccc2)cc1. The van der Waals surface area contributed by atoms with Crippen molar-refractivity contribution in [3.05, 3.63) is 95.2 Å². The summed E-state index contributed by atoms with van der Waals surface area (Å²) in [6.45, 7) is 6.67. The Balaban J connectivity index is 1.51. The van der Waals surface area contributed by atoms with Gasteiger partial charge in [-0.3, -0.25) is 4.79 Å². The smallest absolute Gasteiger partial charge is 0.340 e. The van der Waals surface area contributed by atoms with Crippen LogP contribution in [-0.2, 0) is 22.5 Å². The predicted octanol–water partition coefficient (Wildman–Crippen LogP) is 6.53. The standard InChI is InChI=1S/C31H34N2O4/c1-4-6-10-23-13-15-25(16-14-23)32-29(34)21-37-26-17-18-28-27(19-26)30(31(35)36-5-2)22(3)33(28)20-24-11-8-7-9-12-24/h7-9,11-19H,4-6,10,20-21H2,1-3H3,(H,32,34). The molecule has 6 nitrogen and oxygen atoms in total. The van der Waals surface area contributed by atoms with Crippen molar-refractivity contribution in [2.75, 3.05) is 18.5 Å². The second-order valence-corrected chi connectivity index (χ2v) is 9.07. The molecule has 0 saturated carbocycles. The summed E-state index contributed by atoms with van der Waals surface area (Å²) in [4.78, 5) is 25.4. The highest BCUT2D eigenvalue weighted by atomic mass is 16.5. The predicted molar refractivity (Wildman–Crippen MR) is 147 cm³/mol. The maximum Gasteiger partial charge on any atom is 0.340 e. The van der Waals surface area contributed by atoms with Gasteiger partial charge in [-0.05, 0) is 68.1 Å². The molecule has 0 atom stereocenters. The monoisotopic (exact) mass is 498 g/mol. The highest BCUT2D eigenvalue weighted by Gasteiger charge is 2.22. The zero-order chi connectivity index (χ0) is 26.2. The van der Waals surface area contributed by atoms with Gasteiger partial charge in [-0.25, -0.2) is 4.79 Å². The van der Waals surface area contributed by atoms with E-state index in [1.165, 1.54) is 5.56 Å². The maximum atomic E-state index is 12.9. The molecule has 192 valence electrons. The van der Waals surface area contributed by atoms with E-state index in [2.05, 4.69) is 28.9 Å². The maximum absolute atomic E-state index is 12.9. The number of benzene rings is 3. The Morgan fingerprint density at radius 1 is 0.919 bits per heavy atom. The molecule has 0 bridgehead atoms. The van der Waals surface area contributed by atoms with Crippen molar-refractivity contribution in [2.45, 2.75) is 46.6 Å². The van der Waals surface area contributed by atoms with Crippen molar-refractivity contribution in [1.82, 2.24) is 4.57 Å². The van der Waals surface area contributed by atoms with Crippen LogP contribution in [-0.4, -0.2) is 29.7 Å². The fourth-order valence-corrected chi connectivity index (χ4v) is 4.46. The van der Waals surface area contributed by atoms with Crippen LogP contribution in [0.5, 0.6) is 5.75 Å². The molecule has 6 heteroatoms. The lowest BCUT2D eigenvalue weighted by atomic mass is 10.1. The lowest BCUT2D eigenvalue weighted by Crippen LogP contribution is -2.20. The van der Waals surface area contributed by atoms with Crippen LogP contribution in [0, 0.1) is 6.92 Å². The van der Waals surface area contributed by atoms with Crippen LogP contribution in [0.2, 0.25) is 0 Å². The van der Waals surface area contributed by atoms with E-state index in [1.807, 2.05) is 67.6 Å². The fourth-order valence-electron chi connectivity index (χ4n) is 4.46. The molecule has 37 heavy (non-hydrogen) atoms. The van der Waals surface area contributed by atoms with Crippen molar-refractivity contribution in [2.24, 2.45) is 0 Å². The Morgan fingerprint density at radius 3 is 2.38 bits per heavy atom. The molecule has 0 unspecified atom stereocenters. The van der Waals surface area contributed by atoms with Gasteiger partial charge in [-0.2, -0.15) is 0 Å². The Labute approximate surface area is 218 Å². The first kappa shape index (κ1) is 26.0. The van der Waals surface area contributed by atoms with Crippen molar-refractivity contribution in [3.8, 4) is 5.75 Å². The second-order valence-electron chi connectivity index (χ2n) is 9.07. The van der Waals surface area contributed by atoms with Crippen LogP contribution in [0.4, 0.5) is 5.69 Å². The third-order valence-corrected chi connectivity index (χ3v) is 6.38. The van der Waals surface area contributed by atoms with Gasteiger partial charge in [0.15, 0.2) is 6.61 Å². The zero-order valence-corrected chi connectivity index (χ0v) is 21.8. The van der Waals surface area contributed by atoms with Crippen LogP contribution >= 0.6 is 0 Å². The third kappa shape index (κ3) is 6.39. The Bertz CT molecular complexity index is 1360. The highest BCUT2D eigenvalue weighted by molar-refractivity contribution is 6.06. The van der Waals surface area contributed by atoms with E-state index >= 15 is 0 Å². The van der Waals surface area contributed by atoms with Gasteiger partial charge in [0.25, 0.3) is 5.91 Å². The number of carbonyl (C=O) groups excluding carboxylic acids is 2. The number of hydrogen-bond acceptors (Lipinski definition) is 4. The molecule has 0 aliphatic heterocycles. The van der Waals surface area contributed by atoms with Crippen molar-refractivity contribution < 1.29 is 19.1 Å². The number of esters is 1. The molecule has 1 N–H and O–H groups in total. The molecule has 3 aromatic carbocycles. The summed E-state index contributed by atoms with van der Waals surface area (Å²) >= 11 is 0. The summed E-state index contributed by atoms with van der Waals surface area (Å²) in [6, 6.07) is 23.6. The number of ether oxygens (including phenoxy) is 2. The van der Waals surface area contributed by atoms with E-state index in [1.54, 1.807) is 6.92 Å². The van der Waals surface area contributed by atoms with Crippen molar-refractivity contribution in [3.63, 3.8) is 0 Å². The quantitative estimate of drug-likeness (QED) is 0.239. The molecule has 0 radical (unpaired) electrons. The molecule has 1 heterocycles. The second kappa shape index (κ2) is 12.3. The first-order chi connectivity index (χ1) is 18.0. The summed E-state index contributed by atoms with van der Waals surface area (Å²) < 4.78 is 13.3. The molecule has 0 saturated heterocycles. The fraction of sp³-hybridized carbons (Fsp3) is 0.290. The minimum absolute atomic E-state index is 0.137. The number of unbranched alkanes of at least 4 members (excludes halogenated alkanes) is 1. The number of anilines is 1. The molecule has 1 aromatic heterocycles. The topological polar surface area (TPSA) is 69.6 Å². The van der Waals surface area contributed by atoms with Crippen LogP contribution in [0.1, 0.15) is 53.9 Å². The van der Waals surface area contributed by atoms with Gasteiger partial charge in [-0.15, -0.1) is 0 Å². The minimum atomic E-state index is -0.367. The van der Waals surface area contributed by atoms with Gasteiger partial charge in [0, 0.05) is 28.8 Å². The van der Waals surface area contributed by atoms with Crippen LogP contribution in [0.3, 0.4) is 0 Å². The number of aromatic nitrogens is 1. The summed E-state index contributed by atoms with van der Waals surface area (Å²) in [5.74, 6) is -0.0982. The Morgan fingerprint density at radius 2 is 1.68 bits per heavy atom. The number of carbonyl (C=O) groups is 2. The molecule has 0 fully saturated rings. The van der Waals surface area contributed by atoms with Crippen molar-refractivity contribution >= 4 is 28.5 Å². The Kier molecular flexibility index (Phi) is 8.62. The lowest BCUT2D eigenvalue weighted by molar-refractivity contribution is -0.118. The van der Waals surface area contributed by atoms with E-state index in [0.717, 1.165) is 47.1 Å². The minimum Gasteiger partial charge on any atom is -0.484 e. The number of aryl methyl sites for hydroxylation is 1. The Hall–Kier alpha value is -4.06. The highest BCUT2D eigenvalue weighted by Crippen LogP contribution is 2.31. The molecular weight excluding hydrogens is 464 g/mol. The number of hydrogen-bond donors (Lipinski definition) is 1. The molecule has 0 aliphatic carbocycles. The van der Waals surface area contributed by atoms with Crippen LogP contribution in [0.25, 0.3) is 10.9 Å². The lowest BCUT2D eigenvalue weighted by Gasteiger charge is -2.10. The van der Waals surface area contributed by atoms with Gasteiger partial charge in [0.1, 0.15) is 5.75 Å². The molecule has 4 rings (SSSR count). The molecule has 4 aromatic rings. The van der Waals surface area contributed by atoms with E-state index < -0.39 is 0 Å². The van der Waals surface area contributed by atoms with Gasteiger partial charge >= 0.3 is 5.97 Å². The van der Waals surface area contributed by atoms with Gasteiger partial charge in [-0.1, -0.05) is 55.8 Å². The van der Waals surface area contributed by atoms with Gasteiger partial charge in [0.05, 0.1) is 12.2 Å². The van der Waals surface area contributed by atoms with Gasteiger partial charge < -0.3 is 19.4 Å². The van der Waals surface area contributed by atoms with E-state index in [9.17, 15) is 9.59 Å². The average molecular weight is 499 g/mol. The number of amides is 1. The van der Waals surface area contributed by atoms with Crippen molar-refractivity contribution in [1.29, 1.82) is 0 Å². The van der Waals surface area contributed by atoms with Crippen LogP contribution < -0.4 is 10.1 Å². The first-order valence-electron chi connectivity index (χ1n) is 12.9. The van der Waals surface area contributed by atoms with E-state index in [4.69, 9.17) is 9.47 Å². The van der Waals surface area contributed by atoms with Crippen LogP contribution in [0.15, 0.2) is 72.8 Å². The number of nitrogens with one attached hydrogen (secondary N) is 1. The molecule has 0 aliphatic rings. The number of rotatable bonds is 11. The van der Waals surface area contributed by atoms with E-state index in [-0.39, 0.29) is 18.5 Å². The van der Waals surface area contributed by atoms with Gasteiger partial charge in [0.2, 0.25) is 0 Å². The molecular formula is C31H34N2O4. The first-order valence-corrected chi connectivity index (χ1v) is 12.9. The van der Waals surface area contributed by atoms with E-state index in [0.29, 0.717) is 24.5 Å². The summed E-state index contributed by atoms with van der Waals surface area (Å²) in [5, 5.41) is 3.62.